The summed E-state index contributed by atoms with van der Waals surface area (Å²) in [6, 6.07) is -1.82. The monoisotopic (exact) mass is 277 g/mol. The summed E-state index contributed by atoms with van der Waals surface area (Å²) in [7, 11) is 0. The lowest BCUT2D eigenvalue weighted by atomic mass is 10.2. The van der Waals surface area contributed by atoms with E-state index in [9.17, 15) is 9.59 Å². The van der Waals surface area contributed by atoms with E-state index >= 15 is 0 Å². The molecule has 0 saturated carbocycles. The first-order chi connectivity index (χ1) is 8.92. The van der Waals surface area contributed by atoms with Crippen molar-refractivity contribution in [2.75, 3.05) is 19.8 Å². The topological polar surface area (TPSA) is 151 Å². The first kappa shape index (κ1) is 17.8. The number of esters is 2. The maximum Gasteiger partial charge on any atom is 0.325 e. The van der Waals surface area contributed by atoms with Gasteiger partial charge in [0.1, 0.15) is 24.8 Å². The van der Waals surface area contributed by atoms with Gasteiger partial charge in [-0.15, -0.1) is 0 Å². The van der Waals surface area contributed by atoms with E-state index in [4.69, 9.17) is 31.8 Å². The van der Waals surface area contributed by atoms with Crippen molar-refractivity contribution in [2.45, 2.75) is 38.0 Å². The van der Waals surface area contributed by atoms with Crippen LogP contribution in [0.3, 0.4) is 0 Å². The molecule has 8 nitrogen and oxygen atoms in total. The molecule has 19 heavy (non-hydrogen) atoms. The number of carbonyl (C=O) groups is 2. The summed E-state index contributed by atoms with van der Waals surface area (Å²) in [6.07, 6.45) is 0.418. The molecule has 7 N–H and O–H groups in total. The van der Waals surface area contributed by atoms with Crippen LogP contribution in [0.5, 0.6) is 0 Å². The van der Waals surface area contributed by atoms with Gasteiger partial charge in [0.2, 0.25) is 0 Å². The zero-order chi connectivity index (χ0) is 14.8. The van der Waals surface area contributed by atoms with E-state index < -0.39 is 36.7 Å². The van der Waals surface area contributed by atoms with E-state index in [2.05, 4.69) is 0 Å². The van der Waals surface area contributed by atoms with Gasteiger partial charge in [0, 0.05) is 0 Å². The second kappa shape index (κ2) is 9.68. The Morgan fingerprint density at radius 1 is 1.21 bits per heavy atom. The molecule has 0 bridgehead atoms. The van der Waals surface area contributed by atoms with Crippen molar-refractivity contribution in [1.82, 2.24) is 0 Å². The Bertz CT molecular complexity index is 288. The second-order valence-electron chi connectivity index (χ2n) is 4.20. The van der Waals surface area contributed by atoms with Gasteiger partial charge in [-0.2, -0.15) is 0 Å². The van der Waals surface area contributed by atoms with Crippen molar-refractivity contribution in [1.29, 1.82) is 0 Å². The summed E-state index contributed by atoms with van der Waals surface area (Å²) < 4.78 is 9.74. The fourth-order valence-electron chi connectivity index (χ4n) is 1.16. The first-order valence-corrected chi connectivity index (χ1v) is 6.11. The molecule has 1 unspecified atom stereocenters. The molecule has 3 atom stereocenters. The van der Waals surface area contributed by atoms with E-state index in [1.165, 1.54) is 0 Å². The molecule has 0 heterocycles. The van der Waals surface area contributed by atoms with Crippen LogP contribution in [0.2, 0.25) is 0 Å². The number of hydrogen-bond acceptors (Lipinski definition) is 8. The lowest BCUT2D eigenvalue weighted by Gasteiger charge is -2.17. The van der Waals surface area contributed by atoms with Crippen LogP contribution in [0.15, 0.2) is 0 Å². The fraction of sp³-hybridized carbons (Fsp3) is 0.818. The van der Waals surface area contributed by atoms with Crippen LogP contribution < -0.4 is 17.2 Å². The number of aliphatic hydroxyl groups excluding tert-OH is 1. The molecule has 0 aliphatic rings. The first-order valence-electron chi connectivity index (χ1n) is 6.11. The Morgan fingerprint density at radius 2 is 1.84 bits per heavy atom. The van der Waals surface area contributed by atoms with Crippen molar-refractivity contribution in [2.24, 2.45) is 17.2 Å². The largest absolute Gasteiger partial charge is 0.461 e. The molecule has 0 aromatic carbocycles. The maximum absolute atomic E-state index is 11.4. The molecular weight excluding hydrogens is 254 g/mol. The molecule has 0 fully saturated rings. The minimum absolute atomic E-state index is 0.112. The van der Waals surface area contributed by atoms with Gasteiger partial charge < -0.3 is 31.8 Å². The zero-order valence-electron chi connectivity index (χ0n) is 11.1. The number of hydrogen-bond donors (Lipinski definition) is 4. The number of ether oxygens (including phenoxy) is 2. The quantitative estimate of drug-likeness (QED) is 0.348. The van der Waals surface area contributed by atoms with Crippen LogP contribution in [0.25, 0.3) is 0 Å². The van der Waals surface area contributed by atoms with E-state index in [1.54, 1.807) is 6.92 Å². The predicted molar refractivity (Wildman–Crippen MR) is 67.8 cm³/mol. The molecule has 0 saturated heterocycles. The van der Waals surface area contributed by atoms with Crippen molar-refractivity contribution < 1.29 is 24.2 Å². The lowest BCUT2D eigenvalue weighted by Crippen LogP contribution is -2.39. The van der Waals surface area contributed by atoms with Crippen LogP contribution in [0.4, 0.5) is 0 Å². The average Bonchev–Trinajstić information content (AvgIpc) is 2.40. The van der Waals surface area contributed by atoms with Gasteiger partial charge in [-0.25, -0.2) is 0 Å². The van der Waals surface area contributed by atoms with E-state index in [0.29, 0.717) is 19.4 Å². The number of carbonyl (C=O) groups excluding carboxylic acids is 2. The summed E-state index contributed by atoms with van der Waals surface area (Å²) in [6.45, 7) is 1.38. The fourth-order valence-corrected chi connectivity index (χ4v) is 1.16. The summed E-state index contributed by atoms with van der Waals surface area (Å²) >= 11 is 0. The molecule has 0 spiro atoms. The summed E-state index contributed by atoms with van der Waals surface area (Å²) in [5, 5.41) is 8.65. The molecule has 0 aliphatic heterocycles. The van der Waals surface area contributed by atoms with Crippen LogP contribution in [-0.2, 0) is 19.1 Å². The van der Waals surface area contributed by atoms with Crippen molar-refractivity contribution in [3.05, 3.63) is 0 Å². The van der Waals surface area contributed by atoms with Gasteiger partial charge in [0.25, 0.3) is 0 Å². The normalized spacial score (nSPS) is 15.4. The SMILES string of the molecule is CC(COC(=O)[C@@H](N)CCCN)OC(=O)[C@@H](N)CO. The van der Waals surface area contributed by atoms with Crippen LogP contribution in [0, 0.1) is 0 Å². The number of rotatable bonds is 9. The molecule has 0 aromatic rings. The van der Waals surface area contributed by atoms with E-state index in [-0.39, 0.29) is 6.61 Å². The van der Waals surface area contributed by atoms with Crippen molar-refractivity contribution >= 4 is 11.9 Å². The highest BCUT2D eigenvalue weighted by Gasteiger charge is 2.19. The molecule has 0 radical (unpaired) electrons. The summed E-state index contributed by atoms with van der Waals surface area (Å²) in [4.78, 5) is 22.7. The Kier molecular flexibility index (Phi) is 9.06. The third-order valence-corrected chi connectivity index (χ3v) is 2.30. The second-order valence-corrected chi connectivity index (χ2v) is 4.20. The summed E-state index contributed by atoms with van der Waals surface area (Å²) in [5.41, 5.74) is 16.1. The highest BCUT2D eigenvalue weighted by Crippen LogP contribution is 2.00. The van der Waals surface area contributed by atoms with E-state index in [0.717, 1.165) is 0 Å². The van der Waals surface area contributed by atoms with Gasteiger partial charge in [-0.05, 0) is 26.3 Å². The smallest absolute Gasteiger partial charge is 0.325 e. The summed E-state index contributed by atoms with van der Waals surface area (Å²) in [5.74, 6) is -1.32. The highest BCUT2D eigenvalue weighted by molar-refractivity contribution is 5.76. The molecule has 8 heteroatoms. The Morgan fingerprint density at radius 3 is 2.37 bits per heavy atom. The van der Waals surface area contributed by atoms with Gasteiger partial charge in [0.05, 0.1) is 6.61 Å². The molecule has 0 amide bonds. The maximum atomic E-state index is 11.4. The Hall–Kier alpha value is -1.22. The zero-order valence-corrected chi connectivity index (χ0v) is 11.1. The van der Waals surface area contributed by atoms with Crippen LogP contribution in [-0.4, -0.2) is 55.0 Å². The van der Waals surface area contributed by atoms with Crippen molar-refractivity contribution in [3.8, 4) is 0 Å². The predicted octanol–water partition coefficient (Wildman–Crippen LogP) is -2.15. The molecule has 112 valence electrons. The van der Waals surface area contributed by atoms with Crippen LogP contribution in [0.1, 0.15) is 19.8 Å². The third-order valence-electron chi connectivity index (χ3n) is 2.30. The Labute approximate surface area is 112 Å². The highest BCUT2D eigenvalue weighted by atomic mass is 16.6. The van der Waals surface area contributed by atoms with Gasteiger partial charge in [-0.3, -0.25) is 9.59 Å². The minimum Gasteiger partial charge on any atom is -0.461 e. The number of nitrogens with two attached hydrogens (primary N) is 3. The Balaban J connectivity index is 3.92. The standard InChI is InChI=1S/C11H23N3O5/c1-7(19-11(17)9(14)5-15)6-18-10(16)8(13)3-2-4-12/h7-9,15H,2-6,12-14H2,1H3/t7?,8-,9-/m0/s1. The van der Waals surface area contributed by atoms with E-state index in [1.807, 2.05) is 0 Å². The molecule has 0 rings (SSSR count). The van der Waals surface area contributed by atoms with Crippen molar-refractivity contribution in [3.63, 3.8) is 0 Å². The van der Waals surface area contributed by atoms with Gasteiger partial charge in [0.15, 0.2) is 0 Å². The van der Waals surface area contributed by atoms with Gasteiger partial charge >= 0.3 is 11.9 Å². The van der Waals surface area contributed by atoms with Crippen LogP contribution >= 0.6 is 0 Å². The molecule has 0 aliphatic carbocycles. The number of aliphatic hydroxyl groups is 1. The van der Waals surface area contributed by atoms with Gasteiger partial charge in [-0.1, -0.05) is 0 Å². The molecule has 0 aromatic heterocycles. The third kappa shape index (κ3) is 7.73. The minimum atomic E-state index is -1.09. The molecular formula is C11H23N3O5. The average molecular weight is 277 g/mol. The lowest BCUT2D eigenvalue weighted by molar-refractivity contribution is -0.160.